The van der Waals surface area contributed by atoms with Crippen LogP contribution in [0, 0.1) is 6.92 Å². The molecule has 6 nitrogen and oxygen atoms in total. The van der Waals surface area contributed by atoms with Gasteiger partial charge in [-0.25, -0.2) is 4.98 Å². The summed E-state index contributed by atoms with van der Waals surface area (Å²) in [4.78, 5) is 8.56. The number of hydrogen-bond donors (Lipinski definition) is 2. The third-order valence-electron chi connectivity index (χ3n) is 2.50. The van der Waals surface area contributed by atoms with Gasteiger partial charge in [0.1, 0.15) is 5.82 Å². The summed E-state index contributed by atoms with van der Waals surface area (Å²) in [5, 5.41) is 10.5. The zero-order chi connectivity index (χ0) is 13.1. The molecule has 0 aliphatic carbocycles. The second-order valence-electron chi connectivity index (χ2n) is 3.75. The average Bonchev–Trinajstić information content (AvgIpc) is 2.72. The van der Waals surface area contributed by atoms with Gasteiger partial charge in [0.2, 0.25) is 5.95 Å². The molecular weight excluding hydrogens is 296 g/mol. The second kappa shape index (κ2) is 5.34. The van der Waals surface area contributed by atoms with Crippen molar-refractivity contribution in [3.63, 3.8) is 0 Å². The molecule has 0 aliphatic rings. The highest BCUT2D eigenvalue weighted by Crippen LogP contribution is 2.22. The molecule has 2 N–H and O–H groups in total. The fourth-order valence-corrected chi connectivity index (χ4v) is 1.91. The summed E-state index contributed by atoms with van der Waals surface area (Å²) in [6.07, 6.45) is 3.65. The maximum Gasteiger partial charge on any atom is 0.229 e. The van der Waals surface area contributed by atoms with Crippen LogP contribution in [-0.4, -0.2) is 26.8 Å². The van der Waals surface area contributed by atoms with E-state index in [4.69, 9.17) is 0 Å². The lowest BCUT2D eigenvalue weighted by atomic mass is 10.4. The van der Waals surface area contributed by atoms with E-state index in [1.54, 1.807) is 6.20 Å². The molecule has 0 bridgehead atoms. The summed E-state index contributed by atoms with van der Waals surface area (Å²) in [7, 11) is 1.82. The summed E-state index contributed by atoms with van der Waals surface area (Å²) < 4.78 is 2.70. The Morgan fingerprint density at radius 3 is 2.83 bits per heavy atom. The number of halogens is 1. The first kappa shape index (κ1) is 12.8. The Balaban J connectivity index is 2.25. The standard InChI is InChI=1S/C11H15BrN6/c1-4-18-6-9(7(2)17-18)15-11-14-5-8(12)10(13-3)16-11/h5-6H,4H2,1-3H3,(H2,13,14,15,16). The molecule has 0 saturated heterocycles. The highest BCUT2D eigenvalue weighted by molar-refractivity contribution is 9.10. The van der Waals surface area contributed by atoms with Crippen molar-refractivity contribution < 1.29 is 0 Å². The first-order valence-corrected chi connectivity index (χ1v) is 6.44. The zero-order valence-corrected chi connectivity index (χ0v) is 12.1. The lowest BCUT2D eigenvalue weighted by molar-refractivity contribution is 0.653. The van der Waals surface area contributed by atoms with Crippen LogP contribution < -0.4 is 10.6 Å². The monoisotopic (exact) mass is 310 g/mol. The first-order valence-electron chi connectivity index (χ1n) is 5.65. The molecule has 2 rings (SSSR count). The molecular formula is C11H15BrN6. The van der Waals surface area contributed by atoms with Gasteiger partial charge in [-0.3, -0.25) is 4.68 Å². The summed E-state index contributed by atoms with van der Waals surface area (Å²) >= 11 is 3.37. The van der Waals surface area contributed by atoms with Gasteiger partial charge in [-0.05, 0) is 29.8 Å². The largest absolute Gasteiger partial charge is 0.372 e. The number of aryl methyl sites for hydroxylation is 2. The van der Waals surface area contributed by atoms with Gasteiger partial charge in [0.05, 0.1) is 15.9 Å². The molecule has 0 aromatic carbocycles. The van der Waals surface area contributed by atoms with E-state index >= 15 is 0 Å². The van der Waals surface area contributed by atoms with Crippen LogP contribution in [0.1, 0.15) is 12.6 Å². The summed E-state index contributed by atoms with van der Waals surface area (Å²) in [5.74, 6) is 1.29. The average molecular weight is 311 g/mol. The Kier molecular flexibility index (Phi) is 3.81. The van der Waals surface area contributed by atoms with Crippen molar-refractivity contribution >= 4 is 33.4 Å². The molecule has 0 spiro atoms. The van der Waals surface area contributed by atoms with Gasteiger partial charge in [-0.2, -0.15) is 10.1 Å². The molecule has 0 radical (unpaired) electrons. The third-order valence-corrected chi connectivity index (χ3v) is 3.08. The highest BCUT2D eigenvalue weighted by atomic mass is 79.9. The molecule has 0 unspecified atom stereocenters. The molecule has 0 fully saturated rings. The molecule has 2 aromatic rings. The minimum atomic E-state index is 0.543. The van der Waals surface area contributed by atoms with Crippen molar-refractivity contribution in [1.29, 1.82) is 0 Å². The van der Waals surface area contributed by atoms with Gasteiger partial charge in [0.15, 0.2) is 0 Å². The number of hydrogen-bond acceptors (Lipinski definition) is 5. The number of nitrogens with zero attached hydrogens (tertiary/aromatic N) is 4. The fraction of sp³-hybridized carbons (Fsp3) is 0.364. The lowest BCUT2D eigenvalue weighted by Gasteiger charge is -2.06. The molecule has 7 heteroatoms. The smallest absolute Gasteiger partial charge is 0.229 e. The van der Waals surface area contributed by atoms with Crippen molar-refractivity contribution in [2.24, 2.45) is 0 Å². The minimum Gasteiger partial charge on any atom is -0.372 e. The molecule has 0 saturated carbocycles. The molecule has 2 aromatic heterocycles. The van der Waals surface area contributed by atoms with Crippen molar-refractivity contribution in [1.82, 2.24) is 19.7 Å². The number of rotatable bonds is 4. The van der Waals surface area contributed by atoms with Gasteiger partial charge >= 0.3 is 0 Å². The normalized spacial score (nSPS) is 10.4. The van der Waals surface area contributed by atoms with Crippen LogP contribution >= 0.6 is 15.9 Å². The van der Waals surface area contributed by atoms with E-state index in [0.717, 1.165) is 28.2 Å². The molecule has 96 valence electrons. The van der Waals surface area contributed by atoms with Gasteiger partial charge < -0.3 is 10.6 Å². The maximum atomic E-state index is 4.36. The Morgan fingerprint density at radius 2 is 2.22 bits per heavy atom. The van der Waals surface area contributed by atoms with Crippen LogP contribution in [0.5, 0.6) is 0 Å². The van der Waals surface area contributed by atoms with E-state index in [1.165, 1.54) is 0 Å². The number of aromatic nitrogens is 4. The van der Waals surface area contributed by atoms with E-state index in [0.29, 0.717) is 5.95 Å². The zero-order valence-electron chi connectivity index (χ0n) is 10.5. The number of nitrogens with one attached hydrogen (secondary N) is 2. The van der Waals surface area contributed by atoms with Crippen molar-refractivity contribution in [3.8, 4) is 0 Å². The molecule has 0 amide bonds. The van der Waals surface area contributed by atoms with Crippen LogP contribution in [0.25, 0.3) is 0 Å². The third kappa shape index (κ3) is 2.61. The second-order valence-corrected chi connectivity index (χ2v) is 4.60. The van der Waals surface area contributed by atoms with Crippen molar-refractivity contribution in [2.45, 2.75) is 20.4 Å². The summed E-state index contributed by atoms with van der Waals surface area (Å²) in [6.45, 7) is 4.84. The Bertz CT molecular complexity index is 550. The van der Waals surface area contributed by atoms with E-state index < -0.39 is 0 Å². The quantitative estimate of drug-likeness (QED) is 0.908. The van der Waals surface area contributed by atoms with Crippen LogP contribution in [0.15, 0.2) is 16.9 Å². The van der Waals surface area contributed by atoms with Gasteiger partial charge in [0.25, 0.3) is 0 Å². The van der Waals surface area contributed by atoms with Gasteiger partial charge in [0, 0.05) is 26.0 Å². The highest BCUT2D eigenvalue weighted by Gasteiger charge is 2.07. The van der Waals surface area contributed by atoms with Crippen molar-refractivity contribution in [3.05, 3.63) is 22.6 Å². The van der Waals surface area contributed by atoms with Crippen molar-refractivity contribution in [2.75, 3.05) is 17.7 Å². The maximum absolute atomic E-state index is 4.36. The van der Waals surface area contributed by atoms with E-state index in [-0.39, 0.29) is 0 Å². The molecule has 0 aliphatic heterocycles. The van der Waals surface area contributed by atoms with Crippen LogP contribution in [0.3, 0.4) is 0 Å². The van der Waals surface area contributed by atoms with Crippen LogP contribution in [0.4, 0.5) is 17.5 Å². The minimum absolute atomic E-state index is 0.543. The Labute approximate surface area is 114 Å². The van der Waals surface area contributed by atoms with Gasteiger partial charge in [-0.15, -0.1) is 0 Å². The molecule has 2 heterocycles. The Morgan fingerprint density at radius 1 is 1.44 bits per heavy atom. The lowest BCUT2D eigenvalue weighted by Crippen LogP contribution is -2.01. The SMILES string of the molecule is CCn1cc(Nc2ncc(Br)c(NC)n2)c(C)n1. The van der Waals surface area contributed by atoms with E-state index in [2.05, 4.69) is 41.6 Å². The summed E-state index contributed by atoms with van der Waals surface area (Å²) in [5.41, 5.74) is 1.84. The molecule has 18 heavy (non-hydrogen) atoms. The van der Waals surface area contributed by atoms with Crippen LogP contribution in [0.2, 0.25) is 0 Å². The fourth-order valence-electron chi connectivity index (χ4n) is 1.53. The number of anilines is 3. The van der Waals surface area contributed by atoms with Crippen LogP contribution in [-0.2, 0) is 6.54 Å². The molecule has 0 atom stereocenters. The first-order chi connectivity index (χ1) is 8.63. The van der Waals surface area contributed by atoms with E-state index in [1.807, 2.05) is 31.8 Å². The Hall–Kier alpha value is -1.63. The summed E-state index contributed by atoms with van der Waals surface area (Å²) in [6, 6.07) is 0. The predicted molar refractivity (Wildman–Crippen MR) is 75.2 cm³/mol. The van der Waals surface area contributed by atoms with E-state index in [9.17, 15) is 0 Å². The predicted octanol–water partition coefficient (Wildman–Crippen LogP) is 2.55. The van der Waals surface area contributed by atoms with Gasteiger partial charge in [-0.1, -0.05) is 0 Å². The topological polar surface area (TPSA) is 67.7 Å².